The number of aryl methyl sites for hydroxylation is 1. The maximum absolute atomic E-state index is 13.8. The van der Waals surface area contributed by atoms with Crippen LogP contribution in [0.3, 0.4) is 0 Å². The zero-order chi connectivity index (χ0) is 20.4. The van der Waals surface area contributed by atoms with Crippen molar-refractivity contribution in [2.24, 2.45) is 0 Å². The molecule has 0 aliphatic rings. The van der Waals surface area contributed by atoms with Crippen molar-refractivity contribution in [1.29, 1.82) is 0 Å². The summed E-state index contributed by atoms with van der Waals surface area (Å²) in [4.78, 5) is 16.9. The van der Waals surface area contributed by atoms with E-state index in [4.69, 9.17) is 0 Å². The molecule has 0 aliphatic heterocycles. The minimum Gasteiger partial charge on any atom is -0.323 e. The van der Waals surface area contributed by atoms with E-state index in [1.54, 1.807) is 0 Å². The second-order valence-corrected chi connectivity index (χ2v) is 7.46. The molecule has 7 heteroatoms. The van der Waals surface area contributed by atoms with Crippen LogP contribution in [0.5, 0.6) is 0 Å². The van der Waals surface area contributed by atoms with Gasteiger partial charge in [-0.05, 0) is 43.3 Å². The van der Waals surface area contributed by atoms with Crippen molar-refractivity contribution in [1.82, 2.24) is 9.55 Å². The van der Waals surface area contributed by atoms with Crippen molar-refractivity contribution in [2.75, 3.05) is 11.1 Å². The molecule has 0 radical (unpaired) electrons. The number of amides is 1. The number of nitrogens with zero attached hydrogens (tertiary/aromatic N) is 2. The van der Waals surface area contributed by atoms with Crippen molar-refractivity contribution < 1.29 is 13.6 Å². The minimum atomic E-state index is -0.810. The Morgan fingerprint density at radius 1 is 1.07 bits per heavy atom. The van der Waals surface area contributed by atoms with Gasteiger partial charge in [0.1, 0.15) is 11.6 Å². The lowest BCUT2D eigenvalue weighted by Crippen LogP contribution is -2.15. The van der Waals surface area contributed by atoms with Gasteiger partial charge in [-0.25, -0.2) is 13.8 Å². The second-order valence-electron chi connectivity index (χ2n) is 6.52. The van der Waals surface area contributed by atoms with Crippen LogP contribution in [0.15, 0.2) is 71.9 Å². The Balaban J connectivity index is 1.58. The first kappa shape index (κ1) is 19.1. The Hall–Kier alpha value is -3.19. The zero-order valence-electron chi connectivity index (χ0n) is 15.5. The van der Waals surface area contributed by atoms with Crippen molar-refractivity contribution in [3.63, 3.8) is 0 Å². The third-order valence-corrected chi connectivity index (χ3v) is 5.30. The van der Waals surface area contributed by atoms with Crippen molar-refractivity contribution in [2.45, 2.75) is 12.1 Å². The monoisotopic (exact) mass is 409 g/mol. The van der Waals surface area contributed by atoms with Gasteiger partial charge in [0.15, 0.2) is 5.16 Å². The smallest absolute Gasteiger partial charge is 0.234 e. The number of imidazole rings is 1. The van der Waals surface area contributed by atoms with Crippen LogP contribution >= 0.6 is 11.8 Å². The molecule has 0 fully saturated rings. The molecule has 4 rings (SSSR count). The Morgan fingerprint density at radius 2 is 1.83 bits per heavy atom. The van der Waals surface area contributed by atoms with E-state index in [1.807, 2.05) is 60.0 Å². The van der Waals surface area contributed by atoms with Gasteiger partial charge in [0, 0.05) is 11.8 Å². The number of carbonyl (C=O) groups is 1. The minimum absolute atomic E-state index is 0.0337. The Morgan fingerprint density at radius 3 is 2.59 bits per heavy atom. The zero-order valence-corrected chi connectivity index (χ0v) is 16.3. The predicted molar refractivity (Wildman–Crippen MR) is 112 cm³/mol. The van der Waals surface area contributed by atoms with E-state index in [0.717, 1.165) is 34.4 Å². The summed E-state index contributed by atoms with van der Waals surface area (Å²) in [6.45, 7) is 2.02. The summed E-state index contributed by atoms with van der Waals surface area (Å²) in [7, 11) is 0. The first-order chi connectivity index (χ1) is 14.0. The molecule has 0 spiro atoms. The third-order valence-electron chi connectivity index (χ3n) is 4.36. The number of rotatable bonds is 5. The molecule has 4 aromatic rings. The largest absolute Gasteiger partial charge is 0.323 e. The number of hydrogen-bond acceptors (Lipinski definition) is 3. The number of carbonyl (C=O) groups excluding carboxylic acids is 1. The summed E-state index contributed by atoms with van der Waals surface area (Å²) in [6.07, 6.45) is 0. The predicted octanol–water partition coefficient (Wildman–Crippen LogP) is 5.34. The molecule has 1 aromatic heterocycles. The van der Waals surface area contributed by atoms with Crippen LogP contribution < -0.4 is 5.32 Å². The van der Waals surface area contributed by atoms with Crippen molar-refractivity contribution >= 4 is 34.4 Å². The van der Waals surface area contributed by atoms with E-state index in [0.29, 0.717) is 5.16 Å². The average Bonchev–Trinajstić information content (AvgIpc) is 3.08. The molecule has 0 saturated carbocycles. The van der Waals surface area contributed by atoms with E-state index in [9.17, 15) is 13.6 Å². The van der Waals surface area contributed by atoms with E-state index in [1.165, 1.54) is 17.8 Å². The molecule has 29 heavy (non-hydrogen) atoms. The number of thioether (sulfide) groups is 1. The normalized spacial score (nSPS) is 11.0. The second kappa shape index (κ2) is 8.05. The van der Waals surface area contributed by atoms with Crippen LogP contribution in [0.4, 0.5) is 14.5 Å². The fraction of sp³-hybridized carbons (Fsp3) is 0.0909. The Kier molecular flexibility index (Phi) is 5.31. The van der Waals surface area contributed by atoms with Crippen LogP contribution in [-0.4, -0.2) is 21.2 Å². The fourth-order valence-corrected chi connectivity index (χ4v) is 3.78. The van der Waals surface area contributed by atoms with E-state index < -0.39 is 17.5 Å². The van der Waals surface area contributed by atoms with E-state index in [-0.39, 0.29) is 11.4 Å². The van der Waals surface area contributed by atoms with Gasteiger partial charge >= 0.3 is 0 Å². The lowest BCUT2D eigenvalue weighted by atomic mass is 10.2. The van der Waals surface area contributed by atoms with Crippen LogP contribution in [0.25, 0.3) is 16.7 Å². The molecule has 3 aromatic carbocycles. The van der Waals surface area contributed by atoms with Gasteiger partial charge in [-0.1, -0.05) is 41.6 Å². The molecular formula is C22H17F2N3OS. The topological polar surface area (TPSA) is 46.9 Å². The van der Waals surface area contributed by atoms with Crippen LogP contribution in [0.2, 0.25) is 0 Å². The number of fused-ring (bicyclic) bond motifs is 1. The lowest BCUT2D eigenvalue weighted by molar-refractivity contribution is -0.113. The summed E-state index contributed by atoms with van der Waals surface area (Å²) < 4.78 is 28.8. The van der Waals surface area contributed by atoms with Crippen LogP contribution in [0, 0.1) is 18.6 Å². The number of aromatic nitrogens is 2. The van der Waals surface area contributed by atoms with Gasteiger partial charge in [0.05, 0.1) is 22.5 Å². The van der Waals surface area contributed by atoms with Gasteiger partial charge in [0.25, 0.3) is 0 Å². The molecule has 1 amide bonds. The summed E-state index contributed by atoms with van der Waals surface area (Å²) in [5.41, 5.74) is 3.79. The number of nitrogens with one attached hydrogen (secondary N) is 1. The quantitative estimate of drug-likeness (QED) is 0.453. The van der Waals surface area contributed by atoms with Gasteiger partial charge < -0.3 is 5.32 Å². The Labute approximate surface area is 170 Å². The molecular weight excluding hydrogens is 392 g/mol. The third kappa shape index (κ3) is 4.14. The molecule has 1 N–H and O–H groups in total. The lowest BCUT2D eigenvalue weighted by Gasteiger charge is -2.10. The molecule has 146 valence electrons. The first-order valence-corrected chi connectivity index (χ1v) is 9.92. The van der Waals surface area contributed by atoms with Crippen molar-refractivity contribution in [3.05, 3.63) is 83.9 Å². The highest BCUT2D eigenvalue weighted by molar-refractivity contribution is 7.99. The number of halogens is 2. The summed E-state index contributed by atoms with van der Waals surface area (Å²) in [5, 5.41) is 3.13. The highest BCUT2D eigenvalue weighted by atomic mass is 32.2. The van der Waals surface area contributed by atoms with Gasteiger partial charge in [-0.3, -0.25) is 9.36 Å². The Bertz CT molecular complexity index is 1190. The average molecular weight is 409 g/mol. The fourth-order valence-electron chi connectivity index (χ4n) is 2.95. The van der Waals surface area contributed by atoms with Crippen LogP contribution in [-0.2, 0) is 4.79 Å². The van der Waals surface area contributed by atoms with Gasteiger partial charge in [-0.15, -0.1) is 0 Å². The summed E-state index contributed by atoms with van der Waals surface area (Å²) >= 11 is 1.25. The molecule has 0 atom stereocenters. The summed E-state index contributed by atoms with van der Waals surface area (Å²) in [5.74, 6) is -1.87. The highest BCUT2D eigenvalue weighted by Gasteiger charge is 2.15. The van der Waals surface area contributed by atoms with Gasteiger partial charge in [-0.2, -0.15) is 0 Å². The number of para-hydroxylation sites is 2. The van der Waals surface area contributed by atoms with E-state index >= 15 is 0 Å². The summed E-state index contributed by atoms with van der Waals surface area (Å²) in [6, 6.07) is 18.8. The molecule has 0 saturated heterocycles. The maximum Gasteiger partial charge on any atom is 0.234 e. The molecule has 0 unspecified atom stereocenters. The SMILES string of the molecule is Cc1ccc(-n2c(SCC(=O)Nc3ccc(F)cc3F)nc3ccccc32)cc1. The number of anilines is 1. The maximum atomic E-state index is 13.8. The number of benzene rings is 3. The first-order valence-electron chi connectivity index (χ1n) is 8.93. The van der Waals surface area contributed by atoms with E-state index in [2.05, 4.69) is 10.3 Å². The van der Waals surface area contributed by atoms with Crippen LogP contribution in [0.1, 0.15) is 5.56 Å². The molecule has 4 nitrogen and oxygen atoms in total. The highest BCUT2D eigenvalue weighted by Crippen LogP contribution is 2.28. The van der Waals surface area contributed by atoms with Crippen molar-refractivity contribution in [3.8, 4) is 5.69 Å². The molecule has 0 bridgehead atoms. The molecule has 1 heterocycles. The molecule has 0 aliphatic carbocycles. The number of hydrogen-bond donors (Lipinski definition) is 1. The standard InChI is InChI=1S/C22H17F2N3OS/c1-14-6-9-16(10-7-14)27-20-5-3-2-4-19(20)26-22(27)29-13-21(28)25-18-11-8-15(23)12-17(18)24/h2-12H,13H2,1H3,(H,25,28). The van der Waals surface area contributed by atoms with Gasteiger partial charge in [0.2, 0.25) is 5.91 Å².